The van der Waals surface area contributed by atoms with Crippen molar-refractivity contribution in [3.63, 3.8) is 0 Å². The lowest BCUT2D eigenvalue weighted by atomic mass is 9.42. The Morgan fingerprint density at radius 1 is 1.18 bits per heavy atom. The van der Waals surface area contributed by atoms with E-state index in [-0.39, 0.29) is 0 Å². The van der Waals surface area contributed by atoms with Gasteiger partial charge >= 0.3 is 0 Å². The molecule has 4 rings (SSSR count). The van der Waals surface area contributed by atoms with Gasteiger partial charge in [-0.1, -0.05) is 13.3 Å². The Bertz CT molecular complexity index is 285. The maximum Gasteiger partial charge on any atom is 0.0900 e. The molecule has 0 aliphatic heterocycles. The SMILES string of the molecule is CCC[C@H]([NH3+])C12C[C@@H]3C[C@@H](CC(C[NH3+])(C3)C1)C2. The lowest BCUT2D eigenvalue weighted by Crippen LogP contribution is -2.74. The smallest absolute Gasteiger partial charge is 0.0900 e. The minimum atomic E-state index is 0.623. The maximum atomic E-state index is 4.56. The quantitative estimate of drug-likeness (QED) is 0.740. The molecule has 0 aromatic carbocycles. The molecule has 0 saturated heterocycles. The van der Waals surface area contributed by atoms with E-state index in [4.69, 9.17) is 0 Å². The molecule has 2 nitrogen and oxygen atoms in total. The van der Waals surface area contributed by atoms with Crippen LogP contribution >= 0.6 is 0 Å². The largest absolute Gasteiger partial charge is 0.357 e. The Kier molecular flexibility index (Phi) is 2.79. The van der Waals surface area contributed by atoms with E-state index in [1.807, 2.05) is 0 Å². The fourth-order valence-corrected chi connectivity index (χ4v) is 5.95. The second-order valence-corrected chi connectivity index (χ2v) is 7.56. The number of hydrogen-bond acceptors (Lipinski definition) is 0. The van der Waals surface area contributed by atoms with Crippen LogP contribution in [0.2, 0.25) is 0 Å². The van der Waals surface area contributed by atoms with Crippen LogP contribution in [0.5, 0.6) is 0 Å². The van der Waals surface area contributed by atoms with E-state index >= 15 is 0 Å². The molecule has 0 aromatic rings. The Morgan fingerprint density at radius 3 is 2.35 bits per heavy atom. The van der Waals surface area contributed by atoms with Crippen LogP contribution in [0.4, 0.5) is 0 Å². The van der Waals surface area contributed by atoms with Crippen LogP contribution in [0, 0.1) is 22.7 Å². The fourth-order valence-electron chi connectivity index (χ4n) is 5.95. The summed E-state index contributed by atoms with van der Waals surface area (Å²) in [6.45, 7) is 3.50. The Morgan fingerprint density at radius 2 is 1.82 bits per heavy atom. The van der Waals surface area contributed by atoms with Gasteiger partial charge in [0, 0.05) is 10.8 Å². The average Bonchev–Trinajstić information content (AvgIpc) is 2.27. The fraction of sp³-hybridized carbons (Fsp3) is 1.00. The molecule has 0 aromatic heterocycles. The Hall–Kier alpha value is -0.0800. The molecule has 0 spiro atoms. The number of quaternary nitrogens is 2. The van der Waals surface area contributed by atoms with Crippen molar-refractivity contribution < 1.29 is 11.5 Å². The third-order valence-corrected chi connectivity index (χ3v) is 6.26. The van der Waals surface area contributed by atoms with Crippen molar-refractivity contribution in [2.75, 3.05) is 6.54 Å². The summed E-state index contributed by atoms with van der Waals surface area (Å²) in [6.07, 6.45) is 11.6. The van der Waals surface area contributed by atoms with Crippen molar-refractivity contribution in [3.05, 3.63) is 0 Å². The van der Waals surface area contributed by atoms with Crippen molar-refractivity contribution in [1.29, 1.82) is 0 Å². The van der Waals surface area contributed by atoms with E-state index in [1.54, 1.807) is 0 Å². The van der Waals surface area contributed by atoms with Gasteiger partial charge in [-0.05, 0) is 56.8 Å². The Balaban J connectivity index is 1.87. The summed E-state index contributed by atoms with van der Waals surface area (Å²) < 4.78 is 0. The predicted molar refractivity (Wildman–Crippen MR) is 68.9 cm³/mol. The summed E-state index contributed by atoms with van der Waals surface area (Å²) in [4.78, 5) is 0. The van der Waals surface area contributed by atoms with Gasteiger partial charge in [0.15, 0.2) is 0 Å². The van der Waals surface area contributed by atoms with Crippen LogP contribution in [0.25, 0.3) is 0 Å². The van der Waals surface area contributed by atoms with Crippen molar-refractivity contribution in [3.8, 4) is 0 Å². The molecule has 2 unspecified atom stereocenters. The van der Waals surface area contributed by atoms with Gasteiger partial charge in [0.05, 0.1) is 12.6 Å². The number of hydrogen-bond donors (Lipinski definition) is 2. The van der Waals surface area contributed by atoms with E-state index in [2.05, 4.69) is 18.4 Å². The van der Waals surface area contributed by atoms with E-state index < -0.39 is 0 Å². The molecule has 2 heteroatoms. The molecule has 4 saturated carbocycles. The van der Waals surface area contributed by atoms with Gasteiger partial charge in [-0.15, -0.1) is 0 Å². The Labute approximate surface area is 106 Å². The minimum Gasteiger partial charge on any atom is -0.357 e. The van der Waals surface area contributed by atoms with Crippen LogP contribution in [0.1, 0.15) is 58.3 Å². The topological polar surface area (TPSA) is 55.3 Å². The zero-order valence-electron chi connectivity index (χ0n) is 11.5. The van der Waals surface area contributed by atoms with Crippen molar-refractivity contribution in [2.45, 2.75) is 64.3 Å². The summed E-state index contributed by atoms with van der Waals surface area (Å²) in [7, 11) is 0. The molecular weight excluding hydrogens is 208 g/mol. The minimum absolute atomic E-state index is 0.623. The second-order valence-electron chi connectivity index (χ2n) is 7.56. The molecule has 0 amide bonds. The van der Waals surface area contributed by atoms with Gasteiger partial charge in [-0.25, -0.2) is 0 Å². The van der Waals surface area contributed by atoms with E-state index in [0.717, 1.165) is 11.8 Å². The van der Waals surface area contributed by atoms with E-state index in [1.165, 1.54) is 57.9 Å². The van der Waals surface area contributed by atoms with Crippen molar-refractivity contribution >= 4 is 0 Å². The average molecular weight is 238 g/mol. The van der Waals surface area contributed by atoms with Gasteiger partial charge in [-0.3, -0.25) is 0 Å². The third-order valence-electron chi connectivity index (χ3n) is 6.26. The third kappa shape index (κ3) is 1.76. The van der Waals surface area contributed by atoms with Gasteiger partial charge in [0.25, 0.3) is 0 Å². The molecule has 6 N–H and O–H groups in total. The zero-order valence-corrected chi connectivity index (χ0v) is 11.5. The second kappa shape index (κ2) is 3.96. The first kappa shape index (κ1) is 12.0. The first-order valence-corrected chi connectivity index (χ1v) is 7.74. The van der Waals surface area contributed by atoms with Gasteiger partial charge in [0.2, 0.25) is 0 Å². The summed E-state index contributed by atoms with van der Waals surface area (Å²) in [6, 6.07) is 0.712. The van der Waals surface area contributed by atoms with E-state index in [0.29, 0.717) is 16.9 Å². The molecule has 0 radical (unpaired) electrons. The van der Waals surface area contributed by atoms with Gasteiger partial charge in [0.1, 0.15) is 0 Å². The summed E-state index contributed by atoms with van der Waals surface area (Å²) in [5.41, 5.74) is 10.1. The van der Waals surface area contributed by atoms with Crippen LogP contribution in [0.15, 0.2) is 0 Å². The molecule has 0 heterocycles. The summed E-state index contributed by atoms with van der Waals surface area (Å²) >= 11 is 0. The monoisotopic (exact) mass is 238 g/mol. The van der Waals surface area contributed by atoms with Crippen LogP contribution < -0.4 is 11.5 Å². The lowest BCUT2D eigenvalue weighted by molar-refractivity contribution is -0.468. The molecule has 17 heavy (non-hydrogen) atoms. The summed E-state index contributed by atoms with van der Waals surface area (Å²) in [5.74, 6) is 2.05. The highest BCUT2D eigenvalue weighted by Crippen LogP contribution is 2.65. The van der Waals surface area contributed by atoms with E-state index in [9.17, 15) is 0 Å². The highest BCUT2D eigenvalue weighted by Gasteiger charge is 2.60. The maximum absolute atomic E-state index is 4.56. The van der Waals surface area contributed by atoms with Crippen molar-refractivity contribution in [1.82, 2.24) is 0 Å². The highest BCUT2D eigenvalue weighted by molar-refractivity contribution is 5.09. The summed E-state index contributed by atoms with van der Waals surface area (Å²) in [5, 5.41) is 0. The first-order valence-electron chi connectivity index (χ1n) is 7.74. The molecule has 4 aliphatic carbocycles. The van der Waals surface area contributed by atoms with Crippen LogP contribution in [-0.2, 0) is 0 Å². The molecule has 4 fully saturated rings. The normalized spacial score (nSPS) is 49.6. The van der Waals surface area contributed by atoms with Gasteiger partial charge in [-0.2, -0.15) is 0 Å². The van der Waals surface area contributed by atoms with Gasteiger partial charge < -0.3 is 11.5 Å². The van der Waals surface area contributed by atoms with Crippen molar-refractivity contribution in [2.24, 2.45) is 22.7 Å². The number of rotatable bonds is 4. The van der Waals surface area contributed by atoms with Crippen LogP contribution in [0.3, 0.4) is 0 Å². The highest BCUT2D eigenvalue weighted by atomic mass is 14.8. The predicted octanol–water partition coefficient (Wildman–Crippen LogP) is 1.23. The lowest BCUT2D eigenvalue weighted by Gasteiger charge is -2.62. The van der Waals surface area contributed by atoms with Crippen LogP contribution in [-0.4, -0.2) is 12.6 Å². The molecular formula is C15H30N2+2. The molecule has 4 aliphatic rings. The zero-order chi connectivity index (χ0) is 12.1. The standard InChI is InChI=1S/C15H28N2/c1-2-3-13(17)15-7-11-4-12(8-15)6-14(5-11,9-15)10-16/h11-13H,2-10,16-17H2,1H3/p+2/t11-,12+,13-,14?,15?/m0/s1. The first-order chi connectivity index (χ1) is 8.11. The molecule has 5 atom stereocenters. The molecule has 98 valence electrons. The molecule has 4 bridgehead atoms.